The van der Waals surface area contributed by atoms with Gasteiger partial charge in [0.05, 0.1) is 0 Å². The number of imidazole rings is 1. The van der Waals surface area contributed by atoms with E-state index in [1.54, 1.807) is 7.05 Å². The van der Waals surface area contributed by atoms with Crippen molar-refractivity contribution in [2.75, 3.05) is 17.7 Å². The van der Waals surface area contributed by atoms with E-state index in [0.29, 0.717) is 22.9 Å². The Morgan fingerprint density at radius 1 is 1.16 bits per heavy atom. The van der Waals surface area contributed by atoms with Gasteiger partial charge in [-0.2, -0.15) is 9.97 Å². The molecule has 32 heavy (non-hydrogen) atoms. The van der Waals surface area contributed by atoms with Crippen LogP contribution in [0.1, 0.15) is 18.4 Å². The lowest BCUT2D eigenvalue weighted by Gasteiger charge is -2.11. The van der Waals surface area contributed by atoms with Crippen LogP contribution in [0.25, 0.3) is 28.4 Å². The Labute approximate surface area is 185 Å². The highest BCUT2D eigenvalue weighted by atomic mass is 16.2. The highest BCUT2D eigenvalue weighted by Crippen LogP contribution is 2.28. The maximum Gasteiger partial charge on any atom is 0.328 e. The molecule has 1 fully saturated rings. The van der Waals surface area contributed by atoms with Gasteiger partial charge in [-0.25, -0.2) is 14.3 Å². The molecule has 2 heterocycles. The van der Waals surface area contributed by atoms with E-state index < -0.39 is 0 Å². The Hall–Kier alpha value is -4.20. The number of rotatable bonds is 6. The topological polar surface area (TPSA) is 96.8 Å². The maximum atomic E-state index is 12.6. The summed E-state index contributed by atoms with van der Waals surface area (Å²) < 4.78 is 1.43. The van der Waals surface area contributed by atoms with Crippen molar-refractivity contribution in [2.24, 2.45) is 0 Å². The van der Waals surface area contributed by atoms with Crippen LogP contribution in [-0.2, 0) is 0 Å². The molecular formula is C24H23N7O. The van der Waals surface area contributed by atoms with E-state index in [1.165, 1.54) is 10.9 Å². The first kappa shape index (κ1) is 19.7. The summed E-state index contributed by atoms with van der Waals surface area (Å²) in [5, 5.41) is 9.28. The van der Waals surface area contributed by atoms with Crippen molar-refractivity contribution >= 4 is 40.7 Å². The van der Waals surface area contributed by atoms with Gasteiger partial charge < -0.3 is 16.0 Å². The zero-order valence-electron chi connectivity index (χ0n) is 17.7. The van der Waals surface area contributed by atoms with Gasteiger partial charge in [0.2, 0.25) is 5.95 Å². The SMILES string of the molecule is C=Cc1ccccc1-c1cccc(Nc2nc(NC)c3ncn(C(=O)NC4CC4)c3n2)c1. The van der Waals surface area contributed by atoms with Crippen LogP contribution in [0.3, 0.4) is 0 Å². The Morgan fingerprint density at radius 3 is 2.78 bits per heavy atom. The summed E-state index contributed by atoms with van der Waals surface area (Å²) in [7, 11) is 1.77. The van der Waals surface area contributed by atoms with Crippen molar-refractivity contribution in [3.63, 3.8) is 0 Å². The number of hydrogen-bond donors (Lipinski definition) is 3. The molecule has 1 aliphatic rings. The quantitative estimate of drug-likeness (QED) is 0.416. The highest BCUT2D eigenvalue weighted by Gasteiger charge is 2.25. The number of nitrogens with one attached hydrogen (secondary N) is 3. The van der Waals surface area contributed by atoms with Gasteiger partial charge in [0, 0.05) is 18.8 Å². The molecule has 1 aliphatic carbocycles. The van der Waals surface area contributed by atoms with Gasteiger partial charge in [-0.3, -0.25) is 0 Å². The lowest BCUT2D eigenvalue weighted by atomic mass is 9.99. The van der Waals surface area contributed by atoms with E-state index in [0.717, 1.165) is 35.2 Å². The minimum atomic E-state index is -0.232. The minimum Gasteiger partial charge on any atom is -0.371 e. The summed E-state index contributed by atoms with van der Waals surface area (Å²) in [4.78, 5) is 26.1. The normalized spacial score (nSPS) is 13.0. The molecule has 0 unspecified atom stereocenters. The molecule has 5 rings (SSSR count). The molecule has 0 bridgehead atoms. The summed E-state index contributed by atoms with van der Waals surface area (Å²) in [6, 6.07) is 16.1. The number of fused-ring (bicyclic) bond motifs is 1. The van der Waals surface area contributed by atoms with Crippen LogP contribution in [0.5, 0.6) is 0 Å². The monoisotopic (exact) mass is 425 g/mol. The molecule has 160 valence electrons. The van der Waals surface area contributed by atoms with Crippen molar-refractivity contribution in [3.8, 4) is 11.1 Å². The van der Waals surface area contributed by atoms with Crippen LogP contribution in [0.15, 0.2) is 61.4 Å². The average Bonchev–Trinajstić information content (AvgIpc) is 3.53. The molecule has 3 N–H and O–H groups in total. The number of benzene rings is 2. The van der Waals surface area contributed by atoms with E-state index >= 15 is 0 Å². The van der Waals surface area contributed by atoms with E-state index in [4.69, 9.17) is 0 Å². The Balaban J connectivity index is 1.50. The zero-order chi connectivity index (χ0) is 22.1. The average molecular weight is 425 g/mol. The first-order valence-corrected chi connectivity index (χ1v) is 10.5. The Bertz CT molecular complexity index is 1320. The third-order valence-corrected chi connectivity index (χ3v) is 5.37. The molecule has 4 aromatic rings. The van der Waals surface area contributed by atoms with Crippen LogP contribution in [0, 0.1) is 0 Å². The number of anilines is 3. The van der Waals surface area contributed by atoms with Crippen molar-refractivity contribution < 1.29 is 4.79 Å². The van der Waals surface area contributed by atoms with Crippen LogP contribution >= 0.6 is 0 Å². The van der Waals surface area contributed by atoms with E-state index in [1.807, 2.05) is 48.5 Å². The third-order valence-electron chi connectivity index (χ3n) is 5.37. The lowest BCUT2D eigenvalue weighted by molar-refractivity contribution is 0.242. The molecule has 8 nitrogen and oxygen atoms in total. The molecule has 0 spiro atoms. The highest BCUT2D eigenvalue weighted by molar-refractivity contribution is 5.92. The maximum absolute atomic E-state index is 12.6. The predicted octanol–water partition coefficient (Wildman–Crippen LogP) is 4.64. The molecule has 1 saturated carbocycles. The fraction of sp³-hybridized carbons (Fsp3) is 0.167. The van der Waals surface area contributed by atoms with Crippen LogP contribution in [0.2, 0.25) is 0 Å². The Morgan fingerprint density at radius 2 is 2.00 bits per heavy atom. The summed E-state index contributed by atoms with van der Waals surface area (Å²) in [5.41, 5.74) is 5.01. The zero-order valence-corrected chi connectivity index (χ0v) is 17.7. The second-order valence-electron chi connectivity index (χ2n) is 7.65. The number of amides is 1. The van der Waals surface area contributed by atoms with Crippen molar-refractivity contribution in [1.82, 2.24) is 24.8 Å². The molecule has 1 amide bonds. The smallest absolute Gasteiger partial charge is 0.328 e. The van der Waals surface area contributed by atoms with E-state index in [2.05, 4.69) is 43.5 Å². The van der Waals surface area contributed by atoms with Crippen molar-refractivity contribution in [2.45, 2.75) is 18.9 Å². The van der Waals surface area contributed by atoms with Gasteiger partial charge in [0.15, 0.2) is 17.0 Å². The summed E-state index contributed by atoms with van der Waals surface area (Å²) in [5.74, 6) is 0.917. The molecule has 2 aromatic carbocycles. The van der Waals surface area contributed by atoms with Crippen molar-refractivity contribution in [1.29, 1.82) is 0 Å². The first-order valence-electron chi connectivity index (χ1n) is 10.5. The number of carbonyl (C=O) groups excluding carboxylic acids is 1. The second kappa shape index (κ2) is 8.14. The van der Waals surface area contributed by atoms with Crippen LogP contribution < -0.4 is 16.0 Å². The second-order valence-corrected chi connectivity index (χ2v) is 7.65. The molecule has 8 heteroatoms. The van der Waals surface area contributed by atoms with Gasteiger partial charge >= 0.3 is 6.03 Å². The van der Waals surface area contributed by atoms with Crippen LogP contribution in [0.4, 0.5) is 22.2 Å². The molecule has 0 aliphatic heterocycles. The van der Waals surface area contributed by atoms with Gasteiger partial charge in [0.25, 0.3) is 0 Å². The number of hydrogen-bond acceptors (Lipinski definition) is 6. The fourth-order valence-electron chi connectivity index (χ4n) is 3.58. The van der Waals surface area contributed by atoms with E-state index in [9.17, 15) is 4.79 Å². The van der Waals surface area contributed by atoms with Crippen molar-refractivity contribution in [3.05, 3.63) is 67.0 Å². The molecule has 0 atom stereocenters. The molecule has 0 saturated heterocycles. The number of nitrogens with zero attached hydrogens (tertiary/aromatic N) is 4. The Kier molecular flexibility index (Phi) is 5.03. The predicted molar refractivity (Wildman–Crippen MR) is 127 cm³/mol. The fourth-order valence-corrected chi connectivity index (χ4v) is 3.58. The largest absolute Gasteiger partial charge is 0.371 e. The van der Waals surface area contributed by atoms with Crippen LogP contribution in [-0.4, -0.2) is 38.6 Å². The first-order chi connectivity index (χ1) is 15.7. The standard InChI is InChI=1S/C24H23N7O/c1-3-15-7-4-5-10-19(15)16-8-6-9-18(13-16)27-23-29-21(25-2)20-22(30-23)31(14-26-20)24(32)28-17-11-12-17/h3-10,13-14,17H,1,11-12H2,2H3,(H,28,32)(H2,25,27,29,30). The van der Waals surface area contributed by atoms with Gasteiger partial charge in [-0.05, 0) is 41.7 Å². The minimum absolute atomic E-state index is 0.232. The summed E-state index contributed by atoms with van der Waals surface area (Å²) in [6.45, 7) is 3.91. The van der Waals surface area contributed by atoms with Gasteiger partial charge in [-0.15, -0.1) is 0 Å². The number of aromatic nitrogens is 4. The molecule has 0 radical (unpaired) electrons. The summed E-state index contributed by atoms with van der Waals surface area (Å²) >= 11 is 0. The molecule has 2 aromatic heterocycles. The van der Waals surface area contributed by atoms with Gasteiger partial charge in [-0.1, -0.05) is 49.1 Å². The third kappa shape index (κ3) is 3.78. The lowest BCUT2D eigenvalue weighted by Crippen LogP contribution is -2.30. The summed E-state index contributed by atoms with van der Waals surface area (Å²) in [6.07, 6.45) is 5.34. The molecular weight excluding hydrogens is 402 g/mol. The van der Waals surface area contributed by atoms with Gasteiger partial charge in [0.1, 0.15) is 6.33 Å². The van der Waals surface area contributed by atoms with E-state index in [-0.39, 0.29) is 12.1 Å². The number of carbonyl (C=O) groups is 1.